The molecule has 1 aromatic carbocycles. The standard InChI is InChI=1S/C14H17ClNO/c1-2-12-9-13(17)7-8-16(12)10-11-5-3-4-6-14(11)15/h3-6,9,12H,2,7-8,10H2,1H3. The van der Waals surface area contributed by atoms with Crippen molar-refractivity contribution < 1.29 is 4.79 Å². The van der Waals surface area contributed by atoms with Crippen LogP contribution in [0.25, 0.3) is 0 Å². The van der Waals surface area contributed by atoms with Crippen LogP contribution in [0.15, 0.2) is 24.3 Å². The van der Waals surface area contributed by atoms with Gasteiger partial charge in [0.1, 0.15) is 5.78 Å². The Morgan fingerprint density at radius 2 is 2.18 bits per heavy atom. The van der Waals surface area contributed by atoms with E-state index in [9.17, 15) is 4.79 Å². The van der Waals surface area contributed by atoms with E-state index in [1.807, 2.05) is 30.7 Å². The van der Waals surface area contributed by atoms with E-state index in [2.05, 4.69) is 11.8 Å². The van der Waals surface area contributed by atoms with Gasteiger partial charge in [0.2, 0.25) is 0 Å². The molecule has 0 bridgehead atoms. The number of benzene rings is 1. The van der Waals surface area contributed by atoms with E-state index < -0.39 is 0 Å². The molecule has 1 aliphatic heterocycles. The van der Waals surface area contributed by atoms with Crippen molar-refractivity contribution >= 4 is 17.4 Å². The highest BCUT2D eigenvalue weighted by Crippen LogP contribution is 2.22. The van der Waals surface area contributed by atoms with Gasteiger partial charge in [-0.3, -0.25) is 9.69 Å². The molecule has 0 aliphatic carbocycles. The molecule has 2 rings (SSSR count). The molecule has 1 saturated heterocycles. The number of rotatable bonds is 3. The third-order valence-electron chi connectivity index (χ3n) is 3.24. The highest BCUT2D eigenvalue weighted by Gasteiger charge is 2.26. The van der Waals surface area contributed by atoms with Crippen molar-refractivity contribution in [1.82, 2.24) is 4.90 Å². The van der Waals surface area contributed by atoms with Gasteiger partial charge in [-0.2, -0.15) is 0 Å². The maximum absolute atomic E-state index is 11.4. The number of hydrogen-bond acceptors (Lipinski definition) is 2. The molecule has 0 saturated carbocycles. The Labute approximate surface area is 108 Å². The molecule has 1 radical (unpaired) electrons. The Bertz CT molecular complexity index is 405. The van der Waals surface area contributed by atoms with Crippen LogP contribution in [-0.4, -0.2) is 23.3 Å². The molecule has 1 heterocycles. The average molecular weight is 251 g/mol. The molecule has 0 N–H and O–H groups in total. The van der Waals surface area contributed by atoms with Gasteiger partial charge in [0.15, 0.2) is 0 Å². The number of hydrogen-bond donors (Lipinski definition) is 0. The summed E-state index contributed by atoms with van der Waals surface area (Å²) in [5.41, 5.74) is 1.13. The molecule has 1 aliphatic rings. The fourth-order valence-corrected chi connectivity index (χ4v) is 2.44. The number of carbonyl (C=O) groups is 1. The summed E-state index contributed by atoms with van der Waals surface area (Å²) in [4.78, 5) is 13.7. The van der Waals surface area contributed by atoms with E-state index in [0.717, 1.165) is 30.1 Å². The van der Waals surface area contributed by atoms with Gasteiger partial charge in [-0.05, 0) is 18.1 Å². The van der Waals surface area contributed by atoms with Crippen LogP contribution >= 0.6 is 11.6 Å². The smallest absolute Gasteiger partial charge is 0.139 e. The zero-order valence-electron chi connectivity index (χ0n) is 10.0. The van der Waals surface area contributed by atoms with E-state index >= 15 is 0 Å². The lowest BCUT2D eigenvalue weighted by Crippen LogP contribution is -2.42. The van der Waals surface area contributed by atoms with E-state index in [-0.39, 0.29) is 11.8 Å². The monoisotopic (exact) mass is 250 g/mol. The molecule has 1 aromatic rings. The first-order chi connectivity index (χ1) is 8.20. The van der Waals surface area contributed by atoms with Crippen molar-refractivity contribution in [2.24, 2.45) is 0 Å². The highest BCUT2D eigenvalue weighted by atomic mass is 35.5. The topological polar surface area (TPSA) is 20.3 Å². The number of piperidine rings is 1. The van der Waals surface area contributed by atoms with Crippen molar-refractivity contribution in [3.63, 3.8) is 0 Å². The molecule has 2 nitrogen and oxygen atoms in total. The number of carbonyl (C=O) groups excluding carboxylic acids is 1. The summed E-state index contributed by atoms with van der Waals surface area (Å²) < 4.78 is 0. The van der Waals surface area contributed by atoms with Gasteiger partial charge in [0.25, 0.3) is 0 Å². The maximum atomic E-state index is 11.4. The van der Waals surface area contributed by atoms with Crippen molar-refractivity contribution in [3.05, 3.63) is 41.3 Å². The highest BCUT2D eigenvalue weighted by molar-refractivity contribution is 6.31. The number of Topliss-reactive ketones (excluding diaryl/α,β-unsaturated/α-hetero) is 1. The van der Waals surface area contributed by atoms with Gasteiger partial charge in [-0.25, -0.2) is 0 Å². The predicted octanol–water partition coefficient (Wildman–Crippen LogP) is 3.10. The molecule has 1 unspecified atom stereocenters. The molecule has 0 spiro atoms. The number of halogens is 1. The Morgan fingerprint density at radius 1 is 1.41 bits per heavy atom. The lowest BCUT2D eigenvalue weighted by Gasteiger charge is -2.34. The SMILES string of the molecule is CCC1[CH]C(=O)CCN1Cc1ccccc1Cl. The average Bonchev–Trinajstić information content (AvgIpc) is 2.34. The largest absolute Gasteiger partial charge is 0.299 e. The van der Waals surface area contributed by atoms with Crippen LogP contribution in [-0.2, 0) is 11.3 Å². The second kappa shape index (κ2) is 5.65. The molecule has 3 heteroatoms. The van der Waals surface area contributed by atoms with E-state index in [1.165, 1.54) is 0 Å². The third-order valence-corrected chi connectivity index (χ3v) is 3.61. The van der Waals surface area contributed by atoms with Crippen molar-refractivity contribution in [2.45, 2.75) is 32.4 Å². The molecule has 0 amide bonds. The maximum Gasteiger partial charge on any atom is 0.139 e. The van der Waals surface area contributed by atoms with Crippen LogP contribution in [0, 0.1) is 6.42 Å². The molecular weight excluding hydrogens is 234 g/mol. The van der Waals surface area contributed by atoms with E-state index in [1.54, 1.807) is 0 Å². The molecule has 0 aromatic heterocycles. The fraction of sp³-hybridized carbons (Fsp3) is 0.429. The van der Waals surface area contributed by atoms with Crippen LogP contribution in [0.4, 0.5) is 0 Å². The van der Waals surface area contributed by atoms with Crippen molar-refractivity contribution in [2.75, 3.05) is 6.54 Å². The molecular formula is C14H17ClNO. The second-order valence-corrected chi connectivity index (χ2v) is 4.83. The zero-order valence-corrected chi connectivity index (χ0v) is 10.8. The fourth-order valence-electron chi connectivity index (χ4n) is 2.24. The molecule has 1 fully saturated rings. The number of nitrogens with zero attached hydrogens (tertiary/aromatic N) is 1. The summed E-state index contributed by atoms with van der Waals surface area (Å²) in [7, 11) is 0. The summed E-state index contributed by atoms with van der Waals surface area (Å²) in [5.74, 6) is 0.271. The second-order valence-electron chi connectivity index (χ2n) is 4.42. The first-order valence-electron chi connectivity index (χ1n) is 6.06. The summed E-state index contributed by atoms with van der Waals surface area (Å²) in [5, 5.41) is 0.805. The van der Waals surface area contributed by atoms with Crippen LogP contribution < -0.4 is 0 Å². The van der Waals surface area contributed by atoms with E-state index in [4.69, 9.17) is 11.6 Å². The minimum Gasteiger partial charge on any atom is -0.299 e. The third kappa shape index (κ3) is 3.08. The zero-order chi connectivity index (χ0) is 12.3. The van der Waals surface area contributed by atoms with Gasteiger partial charge in [-0.1, -0.05) is 36.7 Å². The van der Waals surface area contributed by atoms with Crippen molar-refractivity contribution in [1.29, 1.82) is 0 Å². The lowest BCUT2D eigenvalue weighted by molar-refractivity contribution is -0.118. The minimum absolute atomic E-state index is 0.257. The van der Waals surface area contributed by atoms with Gasteiger partial charge >= 0.3 is 0 Å². The molecule has 17 heavy (non-hydrogen) atoms. The van der Waals surface area contributed by atoms with Crippen LogP contribution in [0.1, 0.15) is 25.3 Å². The van der Waals surface area contributed by atoms with E-state index in [0.29, 0.717) is 6.42 Å². The Hall–Kier alpha value is -0.860. The van der Waals surface area contributed by atoms with Crippen LogP contribution in [0.5, 0.6) is 0 Å². The van der Waals surface area contributed by atoms with Gasteiger partial charge in [0, 0.05) is 37.0 Å². The number of likely N-dealkylation sites (tertiary alicyclic amines) is 1. The van der Waals surface area contributed by atoms with Gasteiger partial charge in [0.05, 0.1) is 0 Å². The van der Waals surface area contributed by atoms with Crippen LogP contribution in [0.2, 0.25) is 5.02 Å². The summed E-state index contributed by atoms with van der Waals surface area (Å²) in [6, 6.07) is 8.16. The number of ketones is 1. The Kier molecular flexibility index (Phi) is 4.19. The molecule has 1 atom stereocenters. The Balaban J connectivity index is 2.07. The van der Waals surface area contributed by atoms with Gasteiger partial charge in [-0.15, -0.1) is 0 Å². The lowest BCUT2D eigenvalue weighted by atomic mass is 9.98. The summed E-state index contributed by atoms with van der Waals surface area (Å²) in [6.07, 6.45) is 3.44. The van der Waals surface area contributed by atoms with Crippen molar-refractivity contribution in [3.8, 4) is 0 Å². The normalized spacial score (nSPS) is 21.8. The van der Waals surface area contributed by atoms with Crippen LogP contribution in [0.3, 0.4) is 0 Å². The summed E-state index contributed by atoms with van der Waals surface area (Å²) >= 11 is 6.16. The quantitative estimate of drug-likeness (QED) is 0.822. The first kappa shape index (κ1) is 12.6. The predicted molar refractivity (Wildman–Crippen MR) is 69.9 cm³/mol. The van der Waals surface area contributed by atoms with Gasteiger partial charge < -0.3 is 0 Å². The Morgan fingerprint density at radius 3 is 2.88 bits per heavy atom. The summed E-state index contributed by atoms with van der Waals surface area (Å²) in [6.45, 7) is 3.76. The minimum atomic E-state index is 0.257. The molecule has 91 valence electrons. The first-order valence-corrected chi connectivity index (χ1v) is 6.43.